The van der Waals surface area contributed by atoms with E-state index in [2.05, 4.69) is 26.1 Å². The van der Waals surface area contributed by atoms with Gasteiger partial charge in [-0.15, -0.1) is 0 Å². The van der Waals surface area contributed by atoms with E-state index in [1.54, 1.807) is 0 Å². The molecular formula is C18H33F2N. The maximum Gasteiger partial charge on any atom is 0.248 e. The summed E-state index contributed by atoms with van der Waals surface area (Å²) in [6.07, 6.45) is 6.58. The summed E-state index contributed by atoms with van der Waals surface area (Å²) in [5, 5.41) is 3.73. The molecule has 0 amide bonds. The summed E-state index contributed by atoms with van der Waals surface area (Å²) in [6.45, 7) is 7.93. The quantitative estimate of drug-likeness (QED) is 0.731. The Balaban J connectivity index is 1.97. The summed E-state index contributed by atoms with van der Waals surface area (Å²) in [5.74, 6) is 0.352. The van der Waals surface area contributed by atoms with Crippen LogP contribution in [-0.4, -0.2) is 18.5 Å². The molecule has 0 aromatic heterocycles. The zero-order chi connectivity index (χ0) is 15.5. The van der Waals surface area contributed by atoms with Crippen molar-refractivity contribution in [3.05, 3.63) is 0 Å². The molecule has 0 aromatic rings. The van der Waals surface area contributed by atoms with Crippen LogP contribution in [0.5, 0.6) is 0 Å². The third kappa shape index (κ3) is 4.64. The molecule has 4 atom stereocenters. The van der Waals surface area contributed by atoms with Gasteiger partial charge in [-0.2, -0.15) is 0 Å². The van der Waals surface area contributed by atoms with Crippen LogP contribution in [0.25, 0.3) is 0 Å². The highest BCUT2D eigenvalue weighted by molar-refractivity contribution is 4.91. The van der Waals surface area contributed by atoms with Crippen molar-refractivity contribution in [2.45, 2.75) is 84.1 Å². The first-order valence-corrected chi connectivity index (χ1v) is 9.04. The normalized spacial score (nSPS) is 35.6. The zero-order valence-electron chi connectivity index (χ0n) is 14.0. The van der Waals surface area contributed by atoms with E-state index in [0.29, 0.717) is 30.7 Å². The number of rotatable bonds is 5. The van der Waals surface area contributed by atoms with E-state index in [0.717, 1.165) is 24.8 Å². The topological polar surface area (TPSA) is 12.0 Å². The Labute approximate surface area is 129 Å². The lowest BCUT2D eigenvalue weighted by Gasteiger charge is -2.42. The number of hydrogen-bond donors (Lipinski definition) is 1. The maximum atomic E-state index is 13.4. The van der Waals surface area contributed by atoms with Crippen LogP contribution in [0.4, 0.5) is 8.78 Å². The van der Waals surface area contributed by atoms with E-state index in [1.807, 2.05) is 0 Å². The Bertz CT molecular complexity index is 308. The van der Waals surface area contributed by atoms with Gasteiger partial charge in [0, 0.05) is 18.9 Å². The molecule has 124 valence electrons. The van der Waals surface area contributed by atoms with Crippen molar-refractivity contribution < 1.29 is 8.78 Å². The van der Waals surface area contributed by atoms with E-state index < -0.39 is 5.92 Å². The first-order valence-electron chi connectivity index (χ1n) is 9.04. The van der Waals surface area contributed by atoms with Crippen LogP contribution in [0.15, 0.2) is 0 Å². The molecule has 0 radical (unpaired) electrons. The van der Waals surface area contributed by atoms with Gasteiger partial charge in [-0.3, -0.25) is 0 Å². The first kappa shape index (κ1) is 17.2. The molecule has 0 spiro atoms. The molecule has 0 aliphatic heterocycles. The molecule has 2 aliphatic rings. The largest absolute Gasteiger partial charge is 0.313 e. The van der Waals surface area contributed by atoms with Crippen molar-refractivity contribution in [3.8, 4) is 0 Å². The van der Waals surface area contributed by atoms with Gasteiger partial charge in [0.15, 0.2) is 0 Å². The summed E-state index contributed by atoms with van der Waals surface area (Å²) >= 11 is 0. The second kappa shape index (κ2) is 7.39. The maximum absolute atomic E-state index is 13.4. The van der Waals surface area contributed by atoms with E-state index >= 15 is 0 Å². The number of halogens is 2. The van der Waals surface area contributed by atoms with Crippen LogP contribution in [0.3, 0.4) is 0 Å². The fourth-order valence-electron chi connectivity index (χ4n) is 4.37. The van der Waals surface area contributed by atoms with Crippen molar-refractivity contribution in [2.75, 3.05) is 6.54 Å². The Morgan fingerprint density at radius 2 is 1.67 bits per heavy atom. The Kier molecular flexibility index (Phi) is 6.05. The van der Waals surface area contributed by atoms with Crippen LogP contribution in [0.1, 0.15) is 72.1 Å². The van der Waals surface area contributed by atoms with Crippen LogP contribution >= 0.6 is 0 Å². The SMILES string of the molecule is CCCNC(C1CCC(F)(F)CC1)C1CCC(C)C(C)C1. The Morgan fingerprint density at radius 3 is 2.24 bits per heavy atom. The molecule has 2 rings (SSSR count). The molecule has 2 fully saturated rings. The fourth-order valence-corrected chi connectivity index (χ4v) is 4.37. The van der Waals surface area contributed by atoms with Gasteiger partial charge in [0.05, 0.1) is 0 Å². The molecular weight excluding hydrogens is 268 g/mol. The molecule has 0 heterocycles. The standard InChI is InChI=1S/C18H33F2N/c1-4-11-21-17(15-7-9-18(19,20)10-8-15)16-6-5-13(2)14(3)12-16/h13-17,21H,4-12H2,1-3H3. The molecule has 2 aliphatic carbocycles. The predicted octanol–water partition coefficient (Wildman–Crippen LogP) is 5.25. The van der Waals surface area contributed by atoms with Crippen LogP contribution in [0.2, 0.25) is 0 Å². The highest BCUT2D eigenvalue weighted by Gasteiger charge is 2.40. The average Bonchev–Trinajstić information content (AvgIpc) is 2.44. The minimum atomic E-state index is -2.40. The lowest BCUT2D eigenvalue weighted by Crippen LogP contribution is -2.47. The minimum absolute atomic E-state index is 0.0979. The summed E-state index contributed by atoms with van der Waals surface area (Å²) in [6, 6.07) is 0.469. The van der Waals surface area contributed by atoms with Crippen molar-refractivity contribution in [3.63, 3.8) is 0 Å². The van der Waals surface area contributed by atoms with Crippen LogP contribution < -0.4 is 5.32 Å². The third-order valence-corrected chi connectivity index (χ3v) is 6.05. The second-order valence-corrected chi connectivity index (χ2v) is 7.70. The molecule has 1 nitrogen and oxygen atoms in total. The van der Waals surface area contributed by atoms with Gasteiger partial charge in [0.25, 0.3) is 0 Å². The molecule has 1 N–H and O–H groups in total. The summed E-state index contributed by atoms with van der Waals surface area (Å²) in [4.78, 5) is 0. The number of nitrogens with one attached hydrogen (secondary N) is 1. The molecule has 0 saturated heterocycles. The van der Waals surface area contributed by atoms with Crippen molar-refractivity contribution in [1.29, 1.82) is 0 Å². The first-order chi connectivity index (χ1) is 9.93. The van der Waals surface area contributed by atoms with Gasteiger partial charge in [-0.05, 0) is 62.3 Å². The Morgan fingerprint density at radius 1 is 1.00 bits per heavy atom. The van der Waals surface area contributed by atoms with Crippen LogP contribution in [0, 0.1) is 23.7 Å². The van der Waals surface area contributed by atoms with Gasteiger partial charge in [0.1, 0.15) is 0 Å². The summed E-state index contributed by atoms with van der Waals surface area (Å²) in [7, 11) is 0. The lowest BCUT2D eigenvalue weighted by molar-refractivity contribution is -0.0537. The third-order valence-electron chi connectivity index (χ3n) is 6.05. The number of alkyl halides is 2. The molecule has 0 aromatic carbocycles. The smallest absolute Gasteiger partial charge is 0.248 e. The highest BCUT2D eigenvalue weighted by atomic mass is 19.3. The van der Waals surface area contributed by atoms with Crippen molar-refractivity contribution in [1.82, 2.24) is 5.32 Å². The highest BCUT2D eigenvalue weighted by Crippen LogP contribution is 2.42. The average molecular weight is 301 g/mol. The molecule has 3 heteroatoms. The van der Waals surface area contributed by atoms with Gasteiger partial charge in [-0.1, -0.05) is 27.2 Å². The molecule has 4 unspecified atom stereocenters. The van der Waals surface area contributed by atoms with Crippen molar-refractivity contribution >= 4 is 0 Å². The molecule has 0 bridgehead atoms. The molecule has 2 saturated carbocycles. The summed E-state index contributed by atoms with van der Waals surface area (Å²) in [5.41, 5.74) is 0. The van der Waals surface area contributed by atoms with Gasteiger partial charge in [-0.25, -0.2) is 8.78 Å². The Hall–Kier alpha value is -0.180. The van der Waals surface area contributed by atoms with E-state index in [1.165, 1.54) is 19.3 Å². The second-order valence-electron chi connectivity index (χ2n) is 7.70. The van der Waals surface area contributed by atoms with Crippen LogP contribution in [-0.2, 0) is 0 Å². The van der Waals surface area contributed by atoms with E-state index in [-0.39, 0.29) is 12.8 Å². The number of hydrogen-bond acceptors (Lipinski definition) is 1. The minimum Gasteiger partial charge on any atom is -0.313 e. The molecule has 21 heavy (non-hydrogen) atoms. The van der Waals surface area contributed by atoms with Gasteiger partial charge in [0.2, 0.25) is 5.92 Å². The van der Waals surface area contributed by atoms with Crippen molar-refractivity contribution in [2.24, 2.45) is 23.7 Å². The van der Waals surface area contributed by atoms with Gasteiger partial charge < -0.3 is 5.32 Å². The van der Waals surface area contributed by atoms with E-state index in [4.69, 9.17) is 0 Å². The van der Waals surface area contributed by atoms with Gasteiger partial charge >= 0.3 is 0 Å². The predicted molar refractivity (Wildman–Crippen MR) is 84.7 cm³/mol. The summed E-state index contributed by atoms with van der Waals surface area (Å²) < 4.78 is 26.9. The fraction of sp³-hybridized carbons (Fsp3) is 1.00. The monoisotopic (exact) mass is 301 g/mol. The van der Waals surface area contributed by atoms with E-state index in [9.17, 15) is 8.78 Å². The zero-order valence-corrected chi connectivity index (χ0v) is 14.0. The lowest BCUT2D eigenvalue weighted by atomic mass is 9.68.